The lowest BCUT2D eigenvalue weighted by molar-refractivity contribution is -0.191. The SMILES string of the molecule is CNC(=O)c1ccc(CNC[C@H]2COC3(CCC(C)CC3)O2)cc1. The topological polar surface area (TPSA) is 59.6 Å². The van der Waals surface area contributed by atoms with Crippen LogP contribution in [0.5, 0.6) is 0 Å². The molecule has 5 nitrogen and oxygen atoms in total. The molecule has 1 heterocycles. The minimum absolute atomic E-state index is 0.0573. The van der Waals surface area contributed by atoms with Gasteiger partial charge in [-0.1, -0.05) is 19.1 Å². The summed E-state index contributed by atoms with van der Waals surface area (Å²) in [6.45, 7) is 4.53. The van der Waals surface area contributed by atoms with E-state index in [1.54, 1.807) is 7.05 Å². The van der Waals surface area contributed by atoms with Gasteiger partial charge in [0.1, 0.15) is 0 Å². The molecule has 2 fully saturated rings. The van der Waals surface area contributed by atoms with Gasteiger partial charge in [0.2, 0.25) is 0 Å². The Morgan fingerprint density at radius 3 is 2.62 bits per heavy atom. The number of rotatable bonds is 5. The molecule has 1 aromatic carbocycles. The Bertz CT molecular complexity index is 550. The van der Waals surface area contributed by atoms with Crippen LogP contribution in [-0.4, -0.2) is 38.0 Å². The van der Waals surface area contributed by atoms with Gasteiger partial charge in [0, 0.05) is 38.5 Å². The van der Waals surface area contributed by atoms with Crippen molar-refractivity contribution >= 4 is 5.91 Å². The molecule has 1 aliphatic carbocycles. The molecule has 2 aliphatic rings. The van der Waals surface area contributed by atoms with Gasteiger partial charge in [-0.15, -0.1) is 0 Å². The highest BCUT2D eigenvalue weighted by atomic mass is 16.7. The zero-order valence-corrected chi connectivity index (χ0v) is 14.6. The molecule has 0 unspecified atom stereocenters. The van der Waals surface area contributed by atoms with Gasteiger partial charge >= 0.3 is 0 Å². The molecule has 2 N–H and O–H groups in total. The first kappa shape index (κ1) is 17.4. The van der Waals surface area contributed by atoms with Crippen LogP contribution >= 0.6 is 0 Å². The molecule has 1 saturated heterocycles. The summed E-state index contributed by atoms with van der Waals surface area (Å²) in [6, 6.07) is 7.66. The predicted octanol–water partition coefficient (Wildman–Crippen LogP) is 2.46. The van der Waals surface area contributed by atoms with Crippen molar-refractivity contribution in [3.05, 3.63) is 35.4 Å². The number of ether oxygens (including phenoxy) is 2. The zero-order valence-electron chi connectivity index (χ0n) is 14.6. The number of benzene rings is 1. The Labute approximate surface area is 144 Å². The summed E-state index contributed by atoms with van der Waals surface area (Å²) >= 11 is 0. The van der Waals surface area contributed by atoms with Crippen molar-refractivity contribution in [1.82, 2.24) is 10.6 Å². The molecule has 24 heavy (non-hydrogen) atoms. The van der Waals surface area contributed by atoms with Crippen molar-refractivity contribution in [1.29, 1.82) is 0 Å². The maximum atomic E-state index is 11.5. The average molecular weight is 332 g/mol. The fourth-order valence-electron chi connectivity index (χ4n) is 3.48. The normalized spacial score (nSPS) is 29.8. The maximum absolute atomic E-state index is 11.5. The standard InChI is InChI=1S/C19H28N2O3/c1-14-7-9-19(10-8-14)23-13-17(24-19)12-21-11-15-3-5-16(6-4-15)18(22)20-2/h3-6,14,17,21H,7-13H2,1-2H3,(H,20,22)/t14?,17-,19?/m0/s1. The minimum Gasteiger partial charge on any atom is -0.355 e. The molecule has 5 heteroatoms. The monoisotopic (exact) mass is 332 g/mol. The largest absolute Gasteiger partial charge is 0.355 e. The lowest BCUT2D eigenvalue weighted by Crippen LogP contribution is -2.37. The van der Waals surface area contributed by atoms with Crippen LogP contribution in [0.25, 0.3) is 0 Å². The second-order valence-electron chi connectivity index (χ2n) is 7.05. The number of hydrogen-bond donors (Lipinski definition) is 2. The Morgan fingerprint density at radius 1 is 1.25 bits per heavy atom. The first-order chi connectivity index (χ1) is 11.6. The van der Waals surface area contributed by atoms with Gasteiger partial charge in [0.25, 0.3) is 5.91 Å². The predicted molar refractivity (Wildman–Crippen MR) is 92.7 cm³/mol. The van der Waals surface area contributed by atoms with Crippen LogP contribution in [0.15, 0.2) is 24.3 Å². The van der Waals surface area contributed by atoms with Crippen molar-refractivity contribution < 1.29 is 14.3 Å². The van der Waals surface area contributed by atoms with Gasteiger partial charge in [-0.05, 0) is 36.5 Å². The van der Waals surface area contributed by atoms with Crippen LogP contribution in [0.2, 0.25) is 0 Å². The summed E-state index contributed by atoms with van der Waals surface area (Å²) in [5.41, 5.74) is 1.84. The number of carbonyl (C=O) groups excluding carboxylic acids is 1. The van der Waals surface area contributed by atoms with Crippen LogP contribution in [0.3, 0.4) is 0 Å². The van der Waals surface area contributed by atoms with Crippen LogP contribution in [0.1, 0.15) is 48.5 Å². The van der Waals surface area contributed by atoms with E-state index in [2.05, 4.69) is 17.6 Å². The van der Waals surface area contributed by atoms with Gasteiger partial charge in [0.15, 0.2) is 5.79 Å². The highest BCUT2D eigenvalue weighted by Gasteiger charge is 2.43. The molecule has 0 radical (unpaired) electrons. The Balaban J connectivity index is 1.42. The zero-order chi connectivity index (χ0) is 17.0. The molecule has 0 bridgehead atoms. The smallest absolute Gasteiger partial charge is 0.251 e. The number of carbonyl (C=O) groups is 1. The molecule has 1 saturated carbocycles. The molecular weight excluding hydrogens is 304 g/mol. The summed E-state index contributed by atoms with van der Waals surface area (Å²) in [7, 11) is 1.64. The van der Waals surface area contributed by atoms with Crippen molar-refractivity contribution in [2.24, 2.45) is 5.92 Å². The first-order valence-corrected chi connectivity index (χ1v) is 8.94. The van der Waals surface area contributed by atoms with Crippen LogP contribution in [-0.2, 0) is 16.0 Å². The van der Waals surface area contributed by atoms with Gasteiger partial charge in [-0.25, -0.2) is 0 Å². The van der Waals surface area contributed by atoms with E-state index >= 15 is 0 Å². The van der Waals surface area contributed by atoms with E-state index < -0.39 is 0 Å². The maximum Gasteiger partial charge on any atom is 0.251 e. The van der Waals surface area contributed by atoms with Crippen LogP contribution < -0.4 is 10.6 Å². The molecular formula is C19H28N2O3. The molecule has 1 spiro atoms. The van der Waals surface area contributed by atoms with Gasteiger partial charge in [0.05, 0.1) is 12.7 Å². The summed E-state index contributed by atoms with van der Waals surface area (Å²) in [4.78, 5) is 11.5. The van der Waals surface area contributed by atoms with Crippen LogP contribution in [0, 0.1) is 5.92 Å². The third-order valence-electron chi connectivity index (χ3n) is 5.09. The molecule has 1 aliphatic heterocycles. The Kier molecular flexibility index (Phi) is 5.54. The summed E-state index contributed by atoms with van der Waals surface area (Å²) in [6.07, 6.45) is 4.55. The van der Waals surface area contributed by atoms with E-state index in [4.69, 9.17) is 9.47 Å². The molecule has 1 amide bonds. The van der Waals surface area contributed by atoms with E-state index in [0.29, 0.717) is 12.2 Å². The van der Waals surface area contributed by atoms with Gasteiger partial charge in [-0.2, -0.15) is 0 Å². The average Bonchev–Trinajstić information content (AvgIpc) is 3.01. The van der Waals surface area contributed by atoms with E-state index in [-0.39, 0.29) is 17.8 Å². The minimum atomic E-state index is -0.311. The van der Waals surface area contributed by atoms with E-state index in [1.807, 2.05) is 24.3 Å². The number of hydrogen-bond acceptors (Lipinski definition) is 4. The van der Waals surface area contributed by atoms with Crippen LogP contribution in [0.4, 0.5) is 0 Å². The first-order valence-electron chi connectivity index (χ1n) is 8.94. The van der Waals surface area contributed by atoms with E-state index in [9.17, 15) is 4.79 Å². The van der Waals surface area contributed by atoms with E-state index in [0.717, 1.165) is 37.4 Å². The quantitative estimate of drug-likeness (QED) is 0.869. The lowest BCUT2D eigenvalue weighted by atomic mass is 9.86. The Hall–Kier alpha value is -1.43. The van der Waals surface area contributed by atoms with Crippen molar-refractivity contribution in [2.45, 2.75) is 51.0 Å². The highest BCUT2D eigenvalue weighted by molar-refractivity contribution is 5.93. The summed E-state index contributed by atoms with van der Waals surface area (Å²) in [5.74, 6) is 0.421. The second kappa shape index (κ2) is 7.64. The third-order valence-corrected chi connectivity index (χ3v) is 5.09. The summed E-state index contributed by atoms with van der Waals surface area (Å²) in [5, 5.41) is 6.06. The fraction of sp³-hybridized carbons (Fsp3) is 0.632. The highest BCUT2D eigenvalue weighted by Crippen LogP contribution is 2.39. The molecule has 0 aromatic heterocycles. The molecule has 3 rings (SSSR count). The van der Waals surface area contributed by atoms with Gasteiger partial charge in [-0.3, -0.25) is 4.79 Å². The van der Waals surface area contributed by atoms with Crippen molar-refractivity contribution in [2.75, 3.05) is 20.2 Å². The molecule has 132 valence electrons. The van der Waals surface area contributed by atoms with E-state index in [1.165, 1.54) is 12.8 Å². The van der Waals surface area contributed by atoms with Crippen molar-refractivity contribution in [3.8, 4) is 0 Å². The molecule has 1 atom stereocenters. The molecule has 1 aromatic rings. The Morgan fingerprint density at radius 2 is 1.96 bits per heavy atom. The number of nitrogens with one attached hydrogen (secondary N) is 2. The second-order valence-corrected chi connectivity index (χ2v) is 7.05. The number of amides is 1. The fourth-order valence-corrected chi connectivity index (χ4v) is 3.48. The third kappa shape index (κ3) is 4.15. The summed E-state index contributed by atoms with van der Waals surface area (Å²) < 4.78 is 12.2. The lowest BCUT2D eigenvalue weighted by Gasteiger charge is -2.34. The van der Waals surface area contributed by atoms with Crippen molar-refractivity contribution in [3.63, 3.8) is 0 Å². The van der Waals surface area contributed by atoms with Gasteiger partial charge < -0.3 is 20.1 Å².